The first-order valence-corrected chi connectivity index (χ1v) is 10.8. The minimum atomic E-state index is -0.428. The van der Waals surface area contributed by atoms with E-state index >= 15 is 0 Å². The van der Waals surface area contributed by atoms with Gasteiger partial charge < -0.3 is 4.98 Å². The fraction of sp³-hybridized carbons (Fsp3) is 0.476. The van der Waals surface area contributed by atoms with Gasteiger partial charge in [-0.15, -0.1) is 11.3 Å². The zero-order chi connectivity index (χ0) is 19.7. The zero-order valence-electron chi connectivity index (χ0n) is 16.1. The quantitative estimate of drug-likeness (QED) is 0.674. The highest BCUT2D eigenvalue weighted by atomic mass is 32.1. The summed E-state index contributed by atoms with van der Waals surface area (Å²) in [6.45, 7) is 1.77. The number of ketones is 1. The number of rotatable bonds is 2. The van der Waals surface area contributed by atoms with E-state index in [1.807, 2.05) is 6.07 Å². The third-order valence-corrected chi connectivity index (χ3v) is 6.91. The summed E-state index contributed by atoms with van der Waals surface area (Å²) < 4.78 is 0. The Labute approximate surface area is 168 Å². The van der Waals surface area contributed by atoms with Crippen molar-refractivity contribution >= 4 is 28.9 Å². The molecule has 2 aromatic rings. The Balaban J connectivity index is 1.43. The molecule has 0 fully saturated rings. The molecule has 0 bridgehead atoms. The largest absolute Gasteiger partial charge is 0.354 e. The maximum absolute atomic E-state index is 12.5. The highest BCUT2D eigenvalue weighted by Gasteiger charge is 2.26. The molecule has 4 rings (SSSR count). The number of thiophene rings is 1. The molecule has 148 valence electrons. The smallest absolute Gasteiger partial charge is 0.286 e. The van der Waals surface area contributed by atoms with Gasteiger partial charge in [0.1, 0.15) is 5.69 Å². The molecule has 2 aliphatic rings. The Hall–Kier alpha value is -2.41. The highest BCUT2D eigenvalue weighted by molar-refractivity contribution is 7.14. The van der Waals surface area contributed by atoms with Gasteiger partial charge >= 0.3 is 0 Å². The lowest BCUT2D eigenvalue weighted by Gasteiger charge is -2.09. The monoisotopic (exact) mass is 399 g/mol. The van der Waals surface area contributed by atoms with E-state index in [-0.39, 0.29) is 11.7 Å². The standard InChI is InChI=1S/C21H25N3O3S/c1-12-18-14(8-6-9-15(18)25)22-19(12)21(27)24-23-20(26)17-11-13-7-4-2-3-5-10-16(13)28-17/h11,22H,2-10H2,1H3,(H,23,26)(H,24,27). The van der Waals surface area contributed by atoms with E-state index in [4.69, 9.17) is 0 Å². The number of carbonyl (C=O) groups excluding carboxylic acids is 3. The molecule has 0 saturated heterocycles. The van der Waals surface area contributed by atoms with Gasteiger partial charge in [0, 0.05) is 22.6 Å². The fourth-order valence-electron chi connectivity index (χ4n) is 4.19. The van der Waals surface area contributed by atoms with Crippen LogP contribution in [-0.2, 0) is 19.3 Å². The van der Waals surface area contributed by atoms with Gasteiger partial charge in [0.2, 0.25) is 0 Å². The van der Waals surface area contributed by atoms with Crippen LogP contribution >= 0.6 is 11.3 Å². The summed E-state index contributed by atoms with van der Waals surface area (Å²) in [5.41, 5.74) is 8.75. The van der Waals surface area contributed by atoms with Crippen LogP contribution in [0, 0.1) is 6.92 Å². The molecule has 0 radical (unpaired) electrons. The van der Waals surface area contributed by atoms with Crippen LogP contribution in [0.5, 0.6) is 0 Å². The number of carbonyl (C=O) groups is 3. The van der Waals surface area contributed by atoms with Gasteiger partial charge in [0.25, 0.3) is 11.8 Å². The van der Waals surface area contributed by atoms with E-state index in [9.17, 15) is 14.4 Å². The topological polar surface area (TPSA) is 91.1 Å². The Kier molecular flexibility index (Phi) is 5.35. The van der Waals surface area contributed by atoms with Gasteiger partial charge in [-0.05, 0) is 62.6 Å². The van der Waals surface area contributed by atoms with Crippen molar-refractivity contribution < 1.29 is 14.4 Å². The molecule has 0 unspecified atom stereocenters. The maximum Gasteiger partial charge on any atom is 0.286 e. The average molecular weight is 400 g/mol. The number of aromatic nitrogens is 1. The first kappa shape index (κ1) is 18.9. The van der Waals surface area contributed by atoms with Crippen molar-refractivity contribution in [1.29, 1.82) is 0 Å². The Morgan fingerprint density at radius 2 is 1.71 bits per heavy atom. The van der Waals surface area contributed by atoms with Crippen molar-refractivity contribution in [2.24, 2.45) is 0 Å². The van der Waals surface area contributed by atoms with Crippen LogP contribution in [0.25, 0.3) is 0 Å². The SMILES string of the molecule is Cc1c(C(=O)NNC(=O)c2cc3c(s2)CCCCCC3)[nH]c2c1C(=O)CCC2. The van der Waals surface area contributed by atoms with Crippen LogP contribution in [0.4, 0.5) is 0 Å². The molecule has 7 heteroatoms. The number of H-pyrrole nitrogens is 1. The lowest BCUT2D eigenvalue weighted by Crippen LogP contribution is -2.41. The van der Waals surface area contributed by atoms with Crippen LogP contribution in [0.3, 0.4) is 0 Å². The van der Waals surface area contributed by atoms with Gasteiger partial charge in [-0.2, -0.15) is 0 Å². The number of hydrogen-bond donors (Lipinski definition) is 3. The molecule has 0 atom stereocenters. The van der Waals surface area contributed by atoms with E-state index in [1.54, 1.807) is 6.92 Å². The maximum atomic E-state index is 12.5. The first-order chi connectivity index (χ1) is 13.5. The molecule has 0 aromatic carbocycles. The van der Waals surface area contributed by atoms with Gasteiger partial charge in [0.15, 0.2) is 5.78 Å². The van der Waals surface area contributed by atoms with Crippen molar-refractivity contribution in [3.63, 3.8) is 0 Å². The molecular formula is C21H25N3O3S. The summed E-state index contributed by atoms with van der Waals surface area (Å²) in [5.74, 6) is -0.646. The van der Waals surface area contributed by atoms with Crippen molar-refractivity contribution in [3.05, 3.63) is 43.9 Å². The molecule has 6 nitrogen and oxygen atoms in total. The van der Waals surface area contributed by atoms with Gasteiger partial charge in [-0.1, -0.05) is 12.8 Å². The van der Waals surface area contributed by atoms with E-state index in [0.29, 0.717) is 28.1 Å². The molecule has 3 N–H and O–H groups in total. The Morgan fingerprint density at radius 1 is 0.964 bits per heavy atom. The summed E-state index contributed by atoms with van der Waals surface area (Å²) in [7, 11) is 0. The van der Waals surface area contributed by atoms with E-state index in [2.05, 4.69) is 15.8 Å². The Bertz CT molecular complexity index is 916. The van der Waals surface area contributed by atoms with Gasteiger partial charge in [-0.3, -0.25) is 25.2 Å². The second-order valence-electron chi connectivity index (χ2n) is 7.64. The third kappa shape index (κ3) is 3.63. The van der Waals surface area contributed by atoms with Crippen LogP contribution in [-0.4, -0.2) is 22.6 Å². The van der Waals surface area contributed by atoms with E-state index < -0.39 is 5.91 Å². The number of aryl methyl sites for hydroxylation is 3. The number of aromatic amines is 1. The van der Waals surface area contributed by atoms with Crippen molar-refractivity contribution in [2.45, 2.75) is 64.7 Å². The minimum absolute atomic E-state index is 0.0779. The van der Waals surface area contributed by atoms with Crippen LogP contribution in [0.2, 0.25) is 0 Å². The van der Waals surface area contributed by atoms with E-state index in [1.165, 1.54) is 41.0 Å². The summed E-state index contributed by atoms with van der Waals surface area (Å²) in [6.07, 6.45) is 8.96. The number of amides is 2. The van der Waals surface area contributed by atoms with Gasteiger partial charge in [0.05, 0.1) is 4.88 Å². The molecule has 2 aromatic heterocycles. The van der Waals surface area contributed by atoms with E-state index in [0.717, 1.165) is 37.8 Å². The zero-order valence-corrected chi connectivity index (χ0v) is 16.9. The minimum Gasteiger partial charge on any atom is -0.354 e. The first-order valence-electron chi connectivity index (χ1n) is 10.0. The number of fused-ring (bicyclic) bond motifs is 2. The molecule has 0 saturated carbocycles. The molecule has 0 spiro atoms. The fourth-order valence-corrected chi connectivity index (χ4v) is 5.34. The summed E-state index contributed by atoms with van der Waals surface area (Å²) >= 11 is 1.52. The van der Waals surface area contributed by atoms with Crippen molar-refractivity contribution in [3.8, 4) is 0 Å². The predicted octanol–water partition coefficient (Wildman–Crippen LogP) is 3.64. The average Bonchev–Trinajstić information content (AvgIpc) is 3.21. The van der Waals surface area contributed by atoms with Crippen molar-refractivity contribution in [2.75, 3.05) is 0 Å². The highest BCUT2D eigenvalue weighted by Crippen LogP contribution is 2.29. The van der Waals surface area contributed by atoms with Gasteiger partial charge in [-0.25, -0.2) is 0 Å². The molecular weight excluding hydrogens is 374 g/mol. The number of hydrogen-bond acceptors (Lipinski definition) is 4. The van der Waals surface area contributed by atoms with Crippen LogP contribution in [0.1, 0.15) is 90.7 Å². The summed E-state index contributed by atoms with van der Waals surface area (Å²) in [6, 6.07) is 1.96. The Morgan fingerprint density at radius 3 is 2.50 bits per heavy atom. The lowest BCUT2D eigenvalue weighted by molar-refractivity contribution is 0.0846. The number of nitrogens with one attached hydrogen (secondary N) is 3. The third-order valence-electron chi connectivity index (χ3n) is 5.67. The normalized spacial score (nSPS) is 16.5. The van der Waals surface area contributed by atoms with Crippen LogP contribution in [0.15, 0.2) is 6.07 Å². The summed E-state index contributed by atoms with van der Waals surface area (Å²) in [4.78, 5) is 42.2. The number of hydrazine groups is 1. The second-order valence-corrected chi connectivity index (χ2v) is 8.77. The lowest BCUT2D eigenvalue weighted by atomic mass is 9.94. The predicted molar refractivity (Wildman–Crippen MR) is 108 cm³/mol. The molecule has 0 aliphatic heterocycles. The van der Waals surface area contributed by atoms with Crippen LogP contribution < -0.4 is 10.9 Å². The summed E-state index contributed by atoms with van der Waals surface area (Å²) in [5, 5.41) is 0. The molecule has 2 amide bonds. The molecule has 2 heterocycles. The molecule has 2 aliphatic carbocycles. The molecule has 28 heavy (non-hydrogen) atoms. The second kappa shape index (κ2) is 7.91. The number of Topliss-reactive ketones (excluding diaryl/α,β-unsaturated/α-hetero) is 1. The van der Waals surface area contributed by atoms with Crippen molar-refractivity contribution in [1.82, 2.24) is 15.8 Å².